The maximum Gasteiger partial charge on any atom is 0.00671 e. The van der Waals surface area contributed by atoms with Crippen LogP contribution in [-0.4, -0.2) is 37.1 Å². The highest BCUT2D eigenvalue weighted by Gasteiger charge is 2.37. The molecule has 2 heteroatoms. The molecule has 0 bridgehead atoms. The first-order valence-corrected chi connectivity index (χ1v) is 7.76. The lowest BCUT2D eigenvalue weighted by Crippen LogP contribution is -2.33. The van der Waals surface area contributed by atoms with Crippen molar-refractivity contribution in [2.45, 2.75) is 58.4 Å². The zero-order valence-corrected chi connectivity index (χ0v) is 11.8. The van der Waals surface area contributed by atoms with E-state index in [1.54, 1.807) is 0 Å². The van der Waals surface area contributed by atoms with E-state index >= 15 is 0 Å². The van der Waals surface area contributed by atoms with Gasteiger partial charge >= 0.3 is 0 Å². The van der Waals surface area contributed by atoms with Crippen molar-refractivity contribution in [2.75, 3.05) is 26.2 Å². The molecule has 2 aliphatic rings. The van der Waals surface area contributed by atoms with Crippen LogP contribution in [0.1, 0.15) is 52.4 Å². The minimum Gasteiger partial charge on any atom is -0.316 e. The van der Waals surface area contributed by atoms with Crippen LogP contribution in [0.2, 0.25) is 0 Å². The first-order valence-electron chi connectivity index (χ1n) is 7.76. The van der Waals surface area contributed by atoms with Crippen molar-refractivity contribution in [1.82, 2.24) is 10.2 Å². The van der Waals surface area contributed by atoms with Gasteiger partial charge in [-0.15, -0.1) is 0 Å². The van der Waals surface area contributed by atoms with Crippen molar-refractivity contribution in [3.8, 4) is 0 Å². The average molecular weight is 238 g/mol. The van der Waals surface area contributed by atoms with Gasteiger partial charge in [0.1, 0.15) is 0 Å². The summed E-state index contributed by atoms with van der Waals surface area (Å²) in [7, 11) is 0. The fourth-order valence-electron chi connectivity index (χ4n) is 3.48. The first-order chi connectivity index (χ1) is 8.31. The zero-order chi connectivity index (χ0) is 12.1. The van der Waals surface area contributed by atoms with E-state index in [4.69, 9.17) is 0 Å². The number of likely N-dealkylation sites (tertiary alicyclic amines) is 1. The van der Waals surface area contributed by atoms with Gasteiger partial charge in [-0.05, 0) is 38.3 Å². The smallest absolute Gasteiger partial charge is 0.00671 e. The van der Waals surface area contributed by atoms with E-state index in [2.05, 4.69) is 24.1 Å². The van der Waals surface area contributed by atoms with Crippen molar-refractivity contribution in [3.05, 3.63) is 0 Å². The van der Waals surface area contributed by atoms with Gasteiger partial charge in [-0.2, -0.15) is 0 Å². The van der Waals surface area contributed by atoms with Gasteiger partial charge in [0.05, 0.1) is 0 Å². The lowest BCUT2D eigenvalue weighted by atomic mass is 10.0. The largest absolute Gasteiger partial charge is 0.316 e. The Bertz CT molecular complexity index is 205. The topological polar surface area (TPSA) is 15.3 Å². The molecular weight excluding hydrogens is 208 g/mol. The second-order valence-corrected chi connectivity index (χ2v) is 6.18. The maximum absolute atomic E-state index is 3.52. The van der Waals surface area contributed by atoms with Crippen LogP contribution in [0.15, 0.2) is 0 Å². The van der Waals surface area contributed by atoms with Gasteiger partial charge < -0.3 is 5.32 Å². The van der Waals surface area contributed by atoms with Crippen molar-refractivity contribution >= 4 is 0 Å². The van der Waals surface area contributed by atoms with Gasteiger partial charge in [-0.3, -0.25) is 4.90 Å². The SMILES string of the molecule is CCCCCCCC(C)N1CC2CNCC2C1. The number of hydrogen-bond donors (Lipinski definition) is 1. The molecule has 2 fully saturated rings. The van der Waals surface area contributed by atoms with E-state index in [1.807, 2.05) is 0 Å². The third-order valence-electron chi connectivity index (χ3n) is 4.77. The third-order valence-corrected chi connectivity index (χ3v) is 4.77. The molecule has 2 aliphatic heterocycles. The Hall–Kier alpha value is -0.0800. The summed E-state index contributed by atoms with van der Waals surface area (Å²) in [4.78, 5) is 2.75. The summed E-state index contributed by atoms with van der Waals surface area (Å²) in [6, 6.07) is 0.822. The molecule has 2 nitrogen and oxygen atoms in total. The van der Waals surface area contributed by atoms with Gasteiger partial charge in [0.15, 0.2) is 0 Å². The molecule has 3 unspecified atom stereocenters. The molecule has 2 heterocycles. The minimum absolute atomic E-state index is 0.822. The molecule has 0 spiro atoms. The number of rotatable bonds is 7. The fourth-order valence-corrected chi connectivity index (χ4v) is 3.48. The Balaban J connectivity index is 1.59. The molecule has 0 saturated carbocycles. The van der Waals surface area contributed by atoms with E-state index < -0.39 is 0 Å². The van der Waals surface area contributed by atoms with Crippen molar-refractivity contribution in [3.63, 3.8) is 0 Å². The predicted octanol–water partition coefficient (Wildman–Crippen LogP) is 2.89. The molecule has 0 aromatic rings. The predicted molar refractivity (Wildman–Crippen MR) is 74.3 cm³/mol. The highest BCUT2D eigenvalue weighted by molar-refractivity contribution is 4.92. The Labute approximate surface area is 107 Å². The molecule has 3 atom stereocenters. The van der Waals surface area contributed by atoms with Crippen molar-refractivity contribution in [1.29, 1.82) is 0 Å². The fraction of sp³-hybridized carbons (Fsp3) is 1.00. The van der Waals surface area contributed by atoms with E-state index in [0.717, 1.165) is 17.9 Å². The standard InChI is InChI=1S/C15H30N2/c1-3-4-5-6-7-8-13(2)17-11-14-9-16-10-15(14)12-17/h13-16H,3-12H2,1-2H3. The number of nitrogens with one attached hydrogen (secondary N) is 1. The monoisotopic (exact) mass is 238 g/mol. The highest BCUT2D eigenvalue weighted by Crippen LogP contribution is 2.28. The summed E-state index contributed by atoms with van der Waals surface area (Å²) in [5.74, 6) is 1.91. The van der Waals surface area contributed by atoms with Crippen molar-refractivity contribution < 1.29 is 0 Å². The van der Waals surface area contributed by atoms with Crippen LogP contribution in [0.3, 0.4) is 0 Å². The average Bonchev–Trinajstić information content (AvgIpc) is 2.88. The molecule has 17 heavy (non-hydrogen) atoms. The first kappa shape index (κ1) is 13.4. The Kier molecular flexibility index (Phi) is 5.30. The molecule has 1 N–H and O–H groups in total. The van der Waals surface area contributed by atoms with Gasteiger partial charge in [0.25, 0.3) is 0 Å². The van der Waals surface area contributed by atoms with Gasteiger partial charge in [0, 0.05) is 19.1 Å². The van der Waals surface area contributed by atoms with Gasteiger partial charge in [-0.25, -0.2) is 0 Å². The van der Waals surface area contributed by atoms with Crippen LogP contribution in [0, 0.1) is 11.8 Å². The van der Waals surface area contributed by atoms with Gasteiger partial charge in [-0.1, -0.05) is 39.0 Å². The molecule has 100 valence electrons. The van der Waals surface area contributed by atoms with Crippen molar-refractivity contribution in [2.24, 2.45) is 11.8 Å². The van der Waals surface area contributed by atoms with Crippen LogP contribution in [-0.2, 0) is 0 Å². The second-order valence-electron chi connectivity index (χ2n) is 6.18. The lowest BCUT2D eigenvalue weighted by Gasteiger charge is -2.25. The maximum atomic E-state index is 3.52. The zero-order valence-electron chi connectivity index (χ0n) is 11.8. The summed E-state index contributed by atoms with van der Waals surface area (Å²) < 4.78 is 0. The molecule has 2 saturated heterocycles. The summed E-state index contributed by atoms with van der Waals surface area (Å²) in [6.07, 6.45) is 8.52. The number of fused-ring (bicyclic) bond motifs is 1. The number of hydrogen-bond acceptors (Lipinski definition) is 2. The van der Waals surface area contributed by atoms with Gasteiger partial charge in [0.2, 0.25) is 0 Å². The molecule has 2 rings (SSSR count). The molecular formula is C15H30N2. The summed E-state index contributed by atoms with van der Waals surface area (Å²) >= 11 is 0. The Morgan fingerprint density at radius 3 is 2.35 bits per heavy atom. The quantitative estimate of drug-likeness (QED) is 0.686. The van der Waals surface area contributed by atoms with E-state index in [1.165, 1.54) is 64.7 Å². The highest BCUT2D eigenvalue weighted by atomic mass is 15.2. The minimum atomic E-state index is 0.822. The molecule has 0 aromatic heterocycles. The van der Waals surface area contributed by atoms with E-state index in [-0.39, 0.29) is 0 Å². The summed E-state index contributed by atoms with van der Waals surface area (Å²) in [5, 5.41) is 3.52. The normalized spacial score (nSPS) is 30.7. The molecule has 0 aliphatic carbocycles. The molecule has 0 aromatic carbocycles. The lowest BCUT2D eigenvalue weighted by molar-refractivity contribution is 0.225. The van der Waals surface area contributed by atoms with Crippen LogP contribution in [0.4, 0.5) is 0 Å². The summed E-state index contributed by atoms with van der Waals surface area (Å²) in [6.45, 7) is 9.98. The second kappa shape index (κ2) is 6.75. The third kappa shape index (κ3) is 3.69. The van der Waals surface area contributed by atoms with Crippen LogP contribution < -0.4 is 5.32 Å². The van der Waals surface area contributed by atoms with E-state index in [9.17, 15) is 0 Å². The number of nitrogens with zero attached hydrogens (tertiary/aromatic N) is 1. The van der Waals surface area contributed by atoms with Crippen LogP contribution >= 0.6 is 0 Å². The van der Waals surface area contributed by atoms with E-state index in [0.29, 0.717) is 0 Å². The summed E-state index contributed by atoms with van der Waals surface area (Å²) in [5.41, 5.74) is 0. The Morgan fingerprint density at radius 2 is 1.71 bits per heavy atom. The molecule has 0 radical (unpaired) electrons. The Morgan fingerprint density at radius 1 is 1.06 bits per heavy atom. The van der Waals surface area contributed by atoms with Crippen LogP contribution in [0.25, 0.3) is 0 Å². The number of unbranched alkanes of at least 4 members (excludes halogenated alkanes) is 4. The molecule has 0 amide bonds. The van der Waals surface area contributed by atoms with Crippen LogP contribution in [0.5, 0.6) is 0 Å².